The van der Waals surface area contributed by atoms with E-state index in [0.29, 0.717) is 43.8 Å². The first-order valence-electron chi connectivity index (χ1n) is 11.4. The van der Waals surface area contributed by atoms with Gasteiger partial charge in [0.05, 0.1) is 23.5 Å². The summed E-state index contributed by atoms with van der Waals surface area (Å²) in [6.07, 6.45) is 1.48. The van der Waals surface area contributed by atoms with Gasteiger partial charge in [-0.15, -0.1) is 0 Å². The first kappa shape index (κ1) is 26.2. The number of nitrogens with zero attached hydrogens (tertiary/aromatic N) is 3. The van der Waals surface area contributed by atoms with Crippen LogP contribution >= 0.6 is 0 Å². The Balaban J connectivity index is 1.51. The van der Waals surface area contributed by atoms with Crippen LogP contribution in [0, 0.1) is 11.6 Å². The van der Waals surface area contributed by atoms with Crippen molar-refractivity contribution in [3.8, 4) is 0 Å². The van der Waals surface area contributed by atoms with E-state index >= 15 is 0 Å². The molecule has 0 bridgehead atoms. The van der Waals surface area contributed by atoms with Crippen molar-refractivity contribution in [2.24, 2.45) is 0 Å². The molecule has 1 aromatic rings. The predicted molar refractivity (Wildman–Crippen MR) is 122 cm³/mol. The van der Waals surface area contributed by atoms with Crippen LogP contribution in [0.3, 0.4) is 0 Å². The molecule has 35 heavy (non-hydrogen) atoms. The number of carbonyl (C=O) groups excluding carboxylic acids is 2. The third kappa shape index (κ3) is 6.59. The van der Waals surface area contributed by atoms with Crippen LogP contribution in [0.4, 0.5) is 24.1 Å². The zero-order chi connectivity index (χ0) is 25.7. The van der Waals surface area contributed by atoms with Gasteiger partial charge in [-0.3, -0.25) is 15.1 Å². The molecule has 12 heteroatoms. The number of carbonyl (C=O) groups is 3. The smallest absolute Gasteiger partial charge is 0.414 e. The second-order valence-electron chi connectivity index (χ2n) is 8.69. The lowest BCUT2D eigenvalue weighted by Gasteiger charge is -2.33. The Morgan fingerprint density at radius 3 is 2.40 bits per heavy atom. The number of nitrogens with one attached hydrogen (secondary N) is 1. The SMILES string of the molecule is CC(C)OC(=O)N1CCC(ONC2=CCN(c3cc(F)c(C(=O)N(C)C(=O)O)cc3F)CC2)CC1. The highest BCUT2D eigenvalue weighted by Gasteiger charge is 2.27. The highest BCUT2D eigenvalue weighted by Crippen LogP contribution is 2.26. The van der Waals surface area contributed by atoms with E-state index in [-0.39, 0.29) is 30.5 Å². The third-order valence-electron chi connectivity index (χ3n) is 5.80. The molecule has 1 fully saturated rings. The van der Waals surface area contributed by atoms with E-state index in [0.717, 1.165) is 24.9 Å². The summed E-state index contributed by atoms with van der Waals surface area (Å²) >= 11 is 0. The van der Waals surface area contributed by atoms with Crippen LogP contribution in [0.15, 0.2) is 23.9 Å². The van der Waals surface area contributed by atoms with Gasteiger partial charge in [-0.2, -0.15) is 0 Å². The first-order valence-corrected chi connectivity index (χ1v) is 11.4. The van der Waals surface area contributed by atoms with E-state index in [4.69, 9.17) is 14.7 Å². The monoisotopic (exact) mass is 496 g/mol. The van der Waals surface area contributed by atoms with Gasteiger partial charge in [-0.05, 0) is 38.8 Å². The summed E-state index contributed by atoms with van der Waals surface area (Å²) in [4.78, 5) is 44.3. The number of likely N-dealkylation sites (tertiary alicyclic amines) is 1. The number of rotatable bonds is 6. The van der Waals surface area contributed by atoms with Crippen LogP contribution in [0.5, 0.6) is 0 Å². The van der Waals surface area contributed by atoms with E-state index in [9.17, 15) is 23.2 Å². The van der Waals surface area contributed by atoms with Crippen molar-refractivity contribution in [1.82, 2.24) is 15.3 Å². The van der Waals surface area contributed by atoms with Crippen molar-refractivity contribution in [2.45, 2.75) is 45.3 Å². The molecule has 0 saturated carbocycles. The van der Waals surface area contributed by atoms with Gasteiger partial charge in [0.15, 0.2) is 0 Å². The quantitative estimate of drug-likeness (QED) is 0.577. The maximum atomic E-state index is 14.7. The molecule has 192 valence electrons. The minimum atomic E-state index is -1.57. The van der Waals surface area contributed by atoms with Crippen molar-refractivity contribution in [3.05, 3.63) is 41.1 Å². The van der Waals surface area contributed by atoms with Gasteiger partial charge < -0.3 is 19.6 Å². The summed E-state index contributed by atoms with van der Waals surface area (Å²) in [7, 11) is 0.964. The minimum absolute atomic E-state index is 0.0195. The molecule has 2 heterocycles. The molecular formula is C23H30F2N4O6. The summed E-state index contributed by atoms with van der Waals surface area (Å²) in [6.45, 7) is 5.34. The lowest BCUT2D eigenvalue weighted by Crippen LogP contribution is -2.43. The van der Waals surface area contributed by atoms with Gasteiger partial charge in [-0.1, -0.05) is 0 Å². The predicted octanol–water partition coefficient (Wildman–Crippen LogP) is 3.34. The number of imide groups is 1. The van der Waals surface area contributed by atoms with Gasteiger partial charge in [0.1, 0.15) is 11.6 Å². The Kier molecular flexibility index (Phi) is 8.49. The molecule has 3 amide bonds. The standard InChI is InChI=1S/C23H30F2N4O6/c1-14(2)34-23(33)29-10-6-16(7-11-29)35-26-15-4-8-28(9-5-15)20-13-18(24)17(12-19(20)25)21(30)27(3)22(31)32/h4,12-14,16,26H,5-11H2,1-3H3,(H,31,32). The van der Waals surface area contributed by atoms with Crippen molar-refractivity contribution < 1.29 is 37.8 Å². The van der Waals surface area contributed by atoms with Crippen molar-refractivity contribution in [1.29, 1.82) is 0 Å². The topological polar surface area (TPSA) is 112 Å². The number of piperidine rings is 1. The third-order valence-corrected chi connectivity index (χ3v) is 5.80. The molecule has 10 nitrogen and oxygen atoms in total. The molecule has 0 aliphatic carbocycles. The van der Waals surface area contributed by atoms with Crippen molar-refractivity contribution in [2.75, 3.05) is 38.1 Å². The van der Waals surface area contributed by atoms with Crippen LogP contribution in [0.1, 0.15) is 43.5 Å². The number of ether oxygens (including phenoxy) is 1. The fourth-order valence-corrected chi connectivity index (χ4v) is 3.78. The van der Waals surface area contributed by atoms with Crippen LogP contribution in [0.25, 0.3) is 0 Å². The van der Waals surface area contributed by atoms with Gasteiger partial charge in [0, 0.05) is 51.4 Å². The fourth-order valence-electron chi connectivity index (χ4n) is 3.78. The van der Waals surface area contributed by atoms with Gasteiger partial charge in [-0.25, -0.2) is 23.3 Å². The van der Waals surface area contributed by atoms with E-state index in [1.807, 2.05) is 0 Å². The molecule has 0 spiro atoms. The Morgan fingerprint density at radius 1 is 1.14 bits per heavy atom. The zero-order valence-electron chi connectivity index (χ0n) is 19.9. The maximum absolute atomic E-state index is 14.7. The minimum Gasteiger partial charge on any atom is -0.465 e. The van der Waals surface area contributed by atoms with E-state index in [1.165, 1.54) is 0 Å². The van der Waals surface area contributed by atoms with Crippen molar-refractivity contribution in [3.63, 3.8) is 0 Å². The van der Waals surface area contributed by atoms with E-state index in [2.05, 4.69) is 5.48 Å². The first-order chi connectivity index (χ1) is 16.6. The molecule has 2 N–H and O–H groups in total. The number of anilines is 1. The molecule has 3 rings (SSSR count). The second-order valence-corrected chi connectivity index (χ2v) is 8.69. The molecule has 2 aliphatic heterocycles. The number of halogens is 2. The molecule has 2 aliphatic rings. The fraction of sp³-hybridized carbons (Fsp3) is 0.522. The highest BCUT2D eigenvalue weighted by molar-refractivity contribution is 6.02. The van der Waals surface area contributed by atoms with Crippen molar-refractivity contribution >= 4 is 23.8 Å². The zero-order valence-corrected chi connectivity index (χ0v) is 19.9. The summed E-state index contributed by atoms with van der Waals surface area (Å²) in [5.74, 6) is -2.97. The molecule has 0 unspecified atom stereocenters. The number of hydroxylamine groups is 1. The normalized spacial score (nSPS) is 16.7. The Bertz CT molecular complexity index is 994. The Hall–Kier alpha value is -3.41. The van der Waals surface area contributed by atoms with Gasteiger partial charge in [0.2, 0.25) is 0 Å². The largest absolute Gasteiger partial charge is 0.465 e. The van der Waals surface area contributed by atoms with Crippen LogP contribution in [0.2, 0.25) is 0 Å². The number of carboxylic acid groups (broad SMARTS) is 1. The summed E-state index contributed by atoms with van der Waals surface area (Å²) in [5.41, 5.74) is 3.07. The number of hydrogen-bond donors (Lipinski definition) is 2. The lowest BCUT2D eigenvalue weighted by atomic mass is 10.1. The molecule has 0 atom stereocenters. The average Bonchev–Trinajstić information content (AvgIpc) is 2.83. The maximum Gasteiger partial charge on any atom is 0.414 e. The Labute approximate surface area is 202 Å². The number of amides is 3. The highest BCUT2D eigenvalue weighted by atomic mass is 19.1. The molecule has 1 saturated heterocycles. The van der Waals surface area contributed by atoms with Crippen LogP contribution in [-0.4, -0.2) is 78.4 Å². The molecule has 1 aromatic carbocycles. The summed E-state index contributed by atoms with van der Waals surface area (Å²) in [5, 5.41) is 8.88. The van der Waals surface area contributed by atoms with Gasteiger partial charge >= 0.3 is 12.2 Å². The van der Waals surface area contributed by atoms with E-state index in [1.54, 1.807) is 29.7 Å². The summed E-state index contributed by atoms with van der Waals surface area (Å²) < 4.78 is 34.4. The summed E-state index contributed by atoms with van der Waals surface area (Å²) in [6, 6.07) is 1.62. The number of benzene rings is 1. The van der Waals surface area contributed by atoms with Crippen LogP contribution in [-0.2, 0) is 9.57 Å². The second kappa shape index (κ2) is 11.3. The lowest BCUT2D eigenvalue weighted by molar-refractivity contribution is -0.0416. The van der Waals surface area contributed by atoms with Crippen LogP contribution < -0.4 is 10.4 Å². The van der Waals surface area contributed by atoms with E-state index < -0.39 is 29.2 Å². The van der Waals surface area contributed by atoms with Gasteiger partial charge in [0.25, 0.3) is 5.91 Å². The number of hydrogen-bond acceptors (Lipinski definition) is 7. The molecular weight excluding hydrogens is 466 g/mol. The molecule has 0 aromatic heterocycles. The molecule has 0 radical (unpaired) electrons. The Morgan fingerprint density at radius 2 is 1.83 bits per heavy atom. The average molecular weight is 497 g/mol.